The maximum absolute atomic E-state index is 12.4. The van der Waals surface area contributed by atoms with Crippen LogP contribution in [0.5, 0.6) is 0 Å². The van der Waals surface area contributed by atoms with Crippen LogP contribution in [0.15, 0.2) is 36.5 Å². The van der Waals surface area contributed by atoms with E-state index in [1.54, 1.807) is 18.0 Å². The second-order valence-electron chi connectivity index (χ2n) is 5.89. The number of nitrogens with zero attached hydrogens (tertiary/aromatic N) is 3. The fourth-order valence-electron chi connectivity index (χ4n) is 2.90. The normalized spacial score (nSPS) is 15.2. The molecular formula is C18H22N4O3. The van der Waals surface area contributed by atoms with E-state index in [2.05, 4.69) is 10.3 Å². The summed E-state index contributed by atoms with van der Waals surface area (Å²) in [5, 5.41) is 3.93. The molecule has 1 aromatic carbocycles. The number of piperazine rings is 1. The molecular weight excluding hydrogens is 320 g/mol. The number of fused-ring (bicyclic) bond motifs is 1. The topological polar surface area (TPSA) is 74.8 Å². The molecule has 1 aliphatic heterocycles. The van der Waals surface area contributed by atoms with Gasteiger partial charge >= 0.3 is 6.09 Å². The van der Waals surface area contributed by atoms with E-state index in [1.807, 2.05) is 35.2 Å². The van der Waals surface area contributed by atoms with Crippen molar-refractivity contribution in [2.75, 3.05) is 44.6 Å². The average molecular weight is 342 g/mol. The van der Waals surface area contributed by atoms with Gasteiger partial charge in [-0.2, -0.15) is 0 Å². The molecule has 0 spiro atoms. The summed E-state index contributed by atoms with van der Waals surface area (Å²) in [5.74, 6) is -0.0808. The predicted octanol–water partition coefficient (Wildman–Crippen LogP) is 1.95. The maximum Gasteiger partial charge on any atom is 0.409 e. The fourth-order valence-corrected chi connectivity index (χ4v) is 2.90. The zero-order valence-electron chi connectivity index (χ0n) is 14.3. The maximum atomic E-state index is 12.4. The summed E-state index contributed by atoms with van der Waals surface area (Å²) >= 11 is 0. The van der Waals surface area contributed by atoms with Gasteiger partial charge in [0.25, 0.3) is 0 Å². The van der Waals surface area contributed by atoms with Crippen molar-refractivity contribution in [1.29, 1.82) is 0 Å². The lowest BCUT2D eigenvalue weighted by molar-refractivity contribution is -0.117. The zero-order valence-corrected chi connectivity index (χ0v) is 14.3. The Morgan fingerprint density at radius 2 is 1.92 bits per heavy atom. The van der Waals surface area contributed by atoms with Gasteiger partial charge in [-0.05, 0) is 19.1 Å². The molecule has 1 aliphatic rings. The Bertz CT molecular complexity index is 752. The Kier molecular flexibility index (Phi) is 5.45. The molecule has 0 bridgehead atoms. The summed E-state index contributed by atoms with van der Waals surface area (Å²) in [6, 6.07) is 9.56. The predicted molar refractivity (Wildman–Crippen MR) is 95.4 cm³/mol. The smallest absolute Gasteiger partial charge is 0.409 e. The SMILES string of the molecule is CCOC(=O)N1CCN(CC(=O)Nc2cccc3cccnc23)CC1. The quantitative estimate of drug-likeness (QED) is 0.919. The average Bonchev–Trinajstić information content (AvgIpc) is 2.63. The number of hydrogen-bond acceptors (Lipinski definition) is 5. The molecule has 132 valence electrons. The Hall–Kier alpha value is -2.67. The molecule has 0 unspecified atom stereocenters. The molecule has 1 N–H and O–H groups in total. The van der Waals surface area contributed by atoms with Gasteiger partial charge in [0.15, 0.2) is 0 Å². The van der Waals surface area contributed by atoms with Gasteiger partial charge < -0.3 is 15.0 Å². The second-order valence-corrected chi connectivity index (χ2v) is 5.89. The molecule has 7 heteroatoms. The fraction of sp³-hybridized carbons (Fsp3) is 0.389. The number of hydrogen-bond donors (Lipinski definition) is 1. The number of carbonyl (C=O) groups excluding carboxylic acids is 2. The van der Waals surface area contributed by atoms with Gasteiger partial charge in [0.05, 0.1) is 24.4 Å². The van der Waals surface area contributed by atoms with E-state index in [0.29, 0.717) is 45.0 Å². The summed E-state index contributed by atoms with van der Waals surface area (Å²) in [6.07, 6.45) is 1.43. The number of amides is 2. The van der Waals surface area contributed by atoms with E-state index >= 15 is 0 Å². The lowest BCUT2D eigenvalue weighted by Crippen LogP contribution is -2.50. The molecule has 0 radical (unpaired) electrons. The van der Waals surface area contributed by atoms with Crippen LogP contribution in [-0.2, 0) is 9.53 Å². The van der Waals surface area contributed by atoms with Gasteiger partial charge in [-0.15, -0.1) is 0 Å². The van der Waals surface area contributed by atoms with Crippen LogP contribution >= 0.6 is 0 Å². The standard InChI is InChI=1S/C18H22N4O3/c1-2-25-18(24)22-11-9-21(10-12-22)13-16(23)20-15-7-3-5-14-6-4-8-19-17(14)15/h3-8H,2,9-13H2,1H3,(H,20,23). The lowest BCUT2D eigenvalue weighted by Gasteiger charge is -2.33. The third-order valence-corrected chi connectivity index (χ3v) is 4.17. The number of ether oxygens (including phenoxy) is 1. The summed E-state index contributed by atoms with van der Waals surface area (Å²) in [6.45, 7) is 4.91. The number of rotatable bonds is 4. The van der Waals surface area contributed by atoms with Crippen LogP contribution in [0.25, 0.3) is 10.9 Å². The molecule has 2 amide bonds. The molecule has 2 aromatic rings. The number of anilines is 1. The molecule has 0 saturated carbocycles. The first kappa shape index (κ1) is 17.2. The minimum atomic E-state index is -0.284. The van der Waals surface area contributed by atoms with Gasteiger partial charge in [-0.1, -0.05) is 18.2 Å². The van der Waals surface area contributed by atoms with Crippen molar-refractivity contribution in [2.45, 2.75) is 6.92 Å². The molecule has 7 nitrogen and oxygen atoms in total. The highest BCUT2D eigenvalue weighted by molar-refractivity contribution is 6.00. The molecule has 2 heterocycles. The molecule has 0 atom stereocenters. The Morgan fingerprint density at radius 1 is 1.16 bits per heavy atom. The number of benzene rings is 1. The van der Waals surface area contributed by atoms with E-state index in [4.69, 9.17) is 4.74 Å². The van der Waals surface area contributed by atoms with Crippen molar-refractivity contribution in [3.8, 4) is 0 Å². The summed E-state index contributed by atoms with van der Waals surface area (Å²) in [5.41, 5.74) is 1.50. The van der Waals surface area contributed by atoms with Crippen LogP contribution in [0.3, 0.4) is 0 Å². The van der Waals surface area contributed by atoms with Crippen molar-refractivity contribution >= 4 is 28.6 Å². The monoisotopic (exact) mass is 342 g/mol. The highest BCUT2D eigenvalue weighted by atomic mass is 16.6. The summed E-state index contributed by atoms with van der Waals surface area (Å²) < 4.78 is 5.00. The molecule has 25 heavy (non-hydrogen) atoms. The van der Waals surface area contributed by atoms with E-state index in [9.17, 15) is 9.59 Å². The van der Waals surface area contributed by atoms with Gasteiger partial charge in [0.2, 0.25) is 5.91 Å². The largest absolute Gasteiger partial charge is 0.450 e. The van der Waals surface area contributed by atoms with Crippen LogP contribution in [0, 0.1) is 0 Å². The van der Waals surface area contributed by atoms with E-state index in [0.717, 1.165) is 10.9 Å². The number of pyridine rings is 1. The molecule has 3 rings (SSSR count). The minimum absolute atomic E-state index is 0.0808. The van der Waals surface area contributed by atoms with Crippen molar-refractivity contribution < 1.29 is 14.3 Å². The van der Waals surface area contributed by atoms with Crippen LogP contribution in [0.1, 0.15) is 6.92 Å². The first-order valence-electron chi connectivity index (χ1n) is 8.45. The number of para-hydroxylation sites is 1. The first-order valence-corrected chi connectivity index (χ1v) is 8.45. The molecule has 1 aromatic heterocycles. The summed E-state index contributed by atoms with van der Waals surface area (Å²) in [4.78, 5) is 32.1. The van der Waals surface area contributed by atoms with Gasteiger partial charge in [0, 0.05) is 37.8 Å². The van der Waals surface area contributed by atoms with E-state index < -0.39 is 0 Å². The van der Waals surface area contributed by atoms with Crippen molar-refractivity contribution in [3.05, 3.63) is 36.5 Å². The van der Waals surface area contributed by atoms with Crippen molar-refractivity contribution in [3.63, 3.8) is 0 Å². The Labute approximate surface area is 146 Å². The van der Waals surface area contributed by atoms with Crippen LogP contribution < -0.4 is 5.32 Å². The summed E-state index contributed by atoms with van der Waals surface area (Å²) in [7, 11) is 0. The van der Waals surface area contributed by atoms with Crippen LogP contribution in [0.2, 0.25) is 0 Å². The molecule has 1 fully saturated rings. The number of aromatic nitrogens is 1. The highest BCUT2D eigenvalue weighted by Gasteiger charge is 2.23. The number of carbonyl (C=O) groups is 2. The van der Waals surface area contributed by atoms with Crippen LogP contribution in [0.4, 0.5) is 10.5 Å². The van der Waals surface area contributed by atoms with Crippen molar-refractivity contribution in [2.24, 2.45) is 0 Å². The van der Waals surface area contributed by atoms with E-state index in [-0.39, 0.29) is 12.0 Å². The van der Waals surface area contributed by atoms with Crippen LogP contribution in [-0.4, -0.2) is 66.1 Å². The van der Waals surface area contributed by atoms with E-state index in [1.165, 1.54) is 0 Å². The third kappa shape index (κ3) is 4.24. The zero-order chi connectivity index (χ0) is 17.6. The molecule has 1 saturated heterocycles. The lowest BCUT2D eigenvalue weighted by atomic mass is 10.2. The Morgan fingerprint density at radius 3 is 2.68 bits per heavy atom. The van der Waals surface area contributed by atoms with Gasteiger partial charge in [-0.25, -0.2) is 4.79 Å². The molecule has 0 aliphatic carbocycles. The third-order valence-electron chi connectivity index (χ3n) is 4.17. The van der Waals surface area contributed by atoms with Gasteiger partial charge in [0.1, 0.15) is 0 Å². The highest BCUT2D eigenvalue weighted by Crippen LogP contribution is 2.20. The Balaban J connectivity index is 1.54. The second kappa shape index (κ2) is 7.94. The minimum Gasteiger partial charge on any atom is -0.450 e. The number of nitrogens with one attached hydrogen (secondary N) is 1. The first-order chi connectivity index (χ1) is 12.2. The van der Waals surface area contributed by atoms with Crippen molar-refractivity contribution in [1.82, 2.24) is 14.8 Å². The van der Waals surface area contributed by atoms with Gasteiger partial charge in [-0.3, -0.25) is 14.7 Å².